The maximum Gasteiger partial charge on any atom is 0.0355 e. The molecule has 0 radical (unpaired) electrons. The van der Waals surface area contributed by atoms with Crippen LogP contribution < -0.4 is 0 Å². The minimum atomic E-state index is -0.0744. The molecule has 0 nitrogen and oxygen atoms in total. The van der Waals surface area contributed by atoms with Crippen molar-refractivity contribution in [2.75, 3.05) is 0 Å². The quantitative estimate of drug-likeness (QED) is 0.198. The number of rotatable bonds is 2. The van der Waals surface area contributed by atoms with Crippen molar-refractivity contribution in [3.63, 3.8) is 0 Å². The largest absolute Gasteiger partial charge is 0.135 e. The molecule has 0 atom stereocenters. The van der Waals surface area contributed by atoms with Crippen LogP contribution in [0.1, 0.15) is 25.0 Å². The van der Waals surface area contributed by atoms with Gasteiger partial charge >= 0.3 is 0 Å². The summed E-state index contributed by atoms with van der Waals surface area (Å²) in [5.41, 5.74) is 10.6. The van der Waals surface area contributed by atoms with Crippen molar-refractivity contribution in [3.05, 3.63) is 132 Å². The highest BCUT2D eigenvalue weighted by atomic mass is 32.1. The molecule has 9 rings (SSSR count). The van der Waals surface area contributed by atoms with Crippen molar-refractivity contribution < 1.29 is 0 Å². The van der Waals surface area contributed by atoms with Gasteiger partial charge in [-0.1, -0.05) is 86.6 Å². The second-order valence-electron chi connectivity index (χ2n) is 11.8. The SMILES string of the molecule is CC1(C)c2cc(-c3ccc4sc5ccccc5c4c3)ccc2-c2ccc(-c3ccc4sc5ccccc5c4c3)cc21. The molecular formula is C39H26S2. The summed E-state index contributed by atoms with van der Waals surface area (Å²) in [4.78, 5) is 0. The molecule has 0 amide bonds. The maximum atomic E-state index is 2.44. The molecule has 0 saturated carbocycles. The first-order chi connectivity index (χ1) is 20.0. The Kier molecular flexibility index (Phi) is 4.80. The van der Waals surface area contributed by atoms with Crippen LogP contribution in [0.3, 0.4) is 0 Å². The lowest BCUT2D eigenvalue weighted by molar-refractivity contribution is 0.661. The van der Waals surface area contributed by atoms with E-state index in [1.165, 1.54) is 84.9 Å². The first-order valence-corrected chi connectivity index (χ1v) is 15.8. The van der Waals surface area contributed by atoms with Gasteiger partial charge in [0, 0.05) is 45.8 Å². The van der Waals surface area contributed by atoms with Gasteiger partial charge in [0.05, 0.1) is 0 Å². The fourth-order valence-electron chi connectivity index (χ4n) is 6.91. The summed E-state index contributed by atoms with van der Waals surface area (Å²) < 4.78 is 5.41. The topological polar surface area (TPSA) is 0 Å². The average molecular weight is 559 g/mol. The van der Waals surface area contributed by atoms with Crippen molar-refractivity contribution in [2.45, 2.75) is 19.3 Å². The predicted molar refractivity (Wildman–Crippen MR) is 181 cm³/mol. The summed E-state index contributed by atoms with van der Waals surface area (Å²) in [5, 5.41) is 5.41. The van der Waals surface area contributed by atoms with E-state index in [1.54, 1.807) is 0 Å². The normalized spacial score (nSPS) is 13.8. The molecule has 1 aliphatic rings. The molecule has 0 spiro atoms. The predicted octanol–water partition coefficient (Wildman–Crippen LogP) is 12.1. The lowest BCUT2D eigenvalue weighted by Gasteiger charge is -2.22. The van der Waals surface area contributed by atoms with Crippen molar-refractivity contribution >= 4 is 63.0 Å². The maximum absolute atomic E-state index is 2.44. The molecule has 0 saturated heterocycles. The third kappa shape index (κ3) is 3.38. The Bertz CT molecular complexity index is 2180. The average Bonchev–Trinajstić information content (AvgIpc) is 3.64. The van der Waals surface area contributed by atoms with Gasteiger partial charge in [0.1, 0.15) is 0 Å². The molecule has 0 fully saturated rings. The molecule has 194 valence electrons. The van der Waals surface area contributed by atoms with E-state index in [9.17, 15) is 0 Å². The molecule has 2 heteroatoms. The number of benzene rings is 6. The van der Waals surface area contributed by atoms with Crippen LogP contribution in [0, 0.1) is 0 Å². The van der Waals surface area contributed by atoms with Crippen molar-refractivity contribution in [2.24, 2.45) is 0 Å². The van der Waals surface area contributed by atoms with E-state index in [1.807, 2.05) is 22.7 Å². The Balaban J connectivity index is 1.14. The van der Waals surface area contributed by atoms with E-state index in [2.05, 4.69) is 135 Å². The Hall–Kier alpha value is -4.24. The Morgan fingerprint density at radius 3 is 1.27 bits per heavy atom. The van der Waals surface area contributed by atoms with Crippen molar-refractivity contribution in [1.82, 2.24) is 0 Å². The highest BCUT2D eigenvalue weighted by molar-refractivity contribution is 7.26. The van der Waals surface area contributed by atoms with Crippen LogP contribution in [0.25, 0.3) is 73.7 Å². The van der Waals surface area contributed by atoms with E-state index < -0.39 is 0 Å². The summed E-state index contributed by atoms with van der Waals surface area (Å²) >= 11 is 3.76. The van der Waals surface area contributed by atoms with E-state index in [0.29, 0.717) is 0 Å². The number of thiophene rings is 2. The van der Waals surface area contributed by atoms with Crippen LogP contribution in [0.5, 0.6) is 0 Å². The molecule has 41 heavy (non-hydrogen) atoms. The Morgan fingerprint density at radius 1 is 0.390 bits per heavy atom. The van der Waals surface area contributed by atoms with Crippen LogP contribution in [0.2, 0.25) is 0 Å². The summed E-state index contributed by atoms with van der Waals surface area (Å²) in [7, 11) is 0. The first-order valence-electron chi connectivity index (χ1n) is 14.2. The van der Waals surface area contributed by atoms with E-state index in [4.69, 9.17) is 0 Å². The van der Waals surface area contributed by atoms with Gasteiger partial charge in [-0.15, -0.1) is 22.7 Å². The van der Waals surface area contributed by atoms with Crippen LogP contribution >= 0.6 is 22.7 Å². The molecule has 1 aliphatic carbocycles. The fraction of sp³-hybridized carbons (Fsp3) is 0.0769. The van der Waals surface area contributed by atoms with Gasteiger partial charge in [0.2, 0.25) is 0 Å². The lowest BCUT2D eigenvalue weighted by atomic mass is 9.81. The van der Waals surface area contributed by atoms with Crippen LogP contribution in [-0.2, 0) is 5.41 Å². The molecule has 0 N–H and O–H groups in total. The number of hydrogen-bond acceptors (Lipinski definition) is 2. The summed E-state index contributed by atoms with van der Waals surface area (Å²) in [5.74, 6) is 0. The Labute approximate surface area is 247 Å². The zero-order chi connectivity index (χ0) is 27.3. The molecule has 0 bridgehead atoms. The fourth-order valence-corrected chi connectivity index (χ4v) is 9.08. The molecule has 2 heterocycles. The van der Waals surface area contributed by atoms with Gasteiger partial charge in [-0.2, -0.15) is 0 Å². The highest BCUT2D eigenvalue weighted by Crippen LogP contribution is 2.51. The van der Waals surface area contributed by atoms with Crippen LogP contribution in [0.15, 0.2) is 121 Å². The molecule has 6 aromatic carbocycles. The van der Waals surface area contributed by atoms with Gasteiger partial charge in [-0.05, 0) is 93.0 Å². The number of fused-ring (bicyclic) bond motifs is 9. The van der Waals surface area contributed by atoms with Gasteiger partial charge in [-0.25, -0.2) is 0 Å². The summed E-state index contributed by atoms with van der Waals surface area (Å²) in [6.07, 6.45) is 0. The molecule has 0 aliphatic heterocycles. The second-order valence-corrected chi connectivity index (χ2v) is 13.9. The zero-order valence-corrected chi connectivity index (χ0v) is 24.5. The Morgan fingerprint density at radius 2 is 0.780 bits per heavy atom. The summed E-state index contributed by atoms with van der Waals surface area (Å²) in [6.45, 7) is 4.77. The minimum Gasteiger partial charge on any atom is -0.135 e. The van der Waals surface area contributed by atoms with Gasteiger partial charge in [-0.3, -0.25) is 0 Å². The molecular weight excluding hydrogens is 533 g/mol. The third-order valence-corrected chi connectivity index (χ3v) is 11.4. The molecule has 8 aromatic rings. The van der Waals surface area contributed by atoms with Crippen molar-refractivity contribution in [1.29, 1.82) is 0 Å². The van der Waals surface area contributed by atoms with Gasteiger partial charge < -0.3 is 0 Å². The summed E-state index contributed by atoms with van der Waals surface area (Å²) in [6, 6.07) is 45.6. The van der Waals surface area contributed by atoms with E-state index >= 15 is 0 Å². The lowest BCUT2D eigenvalue weighted by Crippen LogP contribution is -2.15. The number of hydrogen-bond donors (Lipinski definition) is 0. The molecule has 0 unspecified atom stereocenters. The van der Waals surface area contributed by atoms with Crippen LogP contribution in [-0.4, -0.2) is 0 Å². The highest BCUT2D eigenvalue weighted by Gasteiger charge is 2.36. The standard InChI is InChI=1S/C39H26S2/c1-39(2)33-21-25(23-13-17-37-31(19-23)29-7-3-5-9-35(29)40-37)11-15-27(33)28-16-12-26(22-34(28)39)24-14-18-38-32(20-24)30-8-4-6-10-36(30)41-38/h3-22H,1-2H3. The van der Waals surface area contributed by atoms with E-state index in [0.717, 1.165) is 0 Å². The third-order valence-electron chi connectivity index (χ3n) is 9.10. The minimum absolute atomic E-state index is 0.0744. The van der Waals surface area contributed by atoms with E-state index in [-0.39, 0.29) is 5.41 Å². The zero-order valence-electron chi connectivity index (χ0n) is 22.9. The smallest absolute Gasteiger partial charge is 0.0355 e. The van der Waals surface area contributed by atoms with Crippen LogP contribution in [0.4, 0.5) is 0 Å². The second kappa shape index (κ2) is 8.39. The molecule has 2 aromatic heterocycles. The first kappa shape index (κ1) is 23.5. The van der Waals surface area contributed by atoms with Gasteiger partial charge in [0.25, 0.3) is 0 Å². The monoisotopic (exact) mass is 558 g/mol. The van der Waals surface area contributed by atoms with Crippen molar-refractivity contribution in [3.8, 4) is 33.4 Å². The van der Waals surface area contributed by atoms with Gasteiger partial charge in [0.15, 0.2) is 0 Å².